The summed E-state index contributed by atoms with van der Waals surface area (Å²) in [5.74, 6) is 1.03. The number of methoxy groups -OCH3 is 3. The van der Waals surface area contributed by atoms with E-state index in [1.807, 2.05) is 0 Å². The van der Waals surface area contributed by atoms with Crippen molar-refractivity contribution in [2.75, 3.05) is 21.3 Å². The van der Waals surface area contributed by atoms with Gasteiger partial charge in [0.1, 0.15) is 11.5 Å². The second-order valence-electron chi connectivity index (χ2n) is 6.66. The quantitative estimate of drug-likeness (QED) is 0.662. The number of hydrogen-bond donors (Lipinski definition) is 0. The molecule has 0 radical (unpaired) electrons. The van der Waals surface area contributed by atoms with Gasteiger partial charge in [0, 0.05) is 31.0 Å². The maximum Gasteiger partial charge on any atom is 0.303 e. The largest absolute Gasteiger partial charge is 0.497 e. The van der Waals surface area contributed by atoms with Crippen molar-refractivity contribution in [3.8, 4) is 23.0 Å². The van der Waals surface area contributed by atoms with Crippen molar-refractivity contribution >= 4 is 11.9 Å². The molecule has 2 aromatic rings. The molecule has 3 atom stereocenters. The number of benzene rings is 2. The Hall–Kier alpha value is -3.42. The summed E-state index contributed by atoms with van der Waals surface area (Å²) in [6, 6.07) is 10.4. The molecule has 0 saturated carbocycles. The van der Waals surface area contributed by atoms with Gasteiger partial charge in [-0.3, -0.25) is 9.59 Å². The highest BCUT2D eigenvalue weighted by molar-refractivity contribution is 5.68. The first kappa shape index (κ1) is 21.3. The van der Waals surface area contributed by atoms with Gasteiger partial charge in [0.05, 0.1) is 21.3 Å². The van der Waals surface area contributed by atoms with Crippen LogP contribution in [0.3, 0.4) is 0 Å². The number of carbonyl (C=O) groups excluding carboxylic acids is 2. The molecule has 3 rings (SSSR count). The van der Waals surface area contributed by atoms with Gasteiger partial charge in [0.2, 0.25) is 0 Å². The van der Waals surface area contributed by atoms with Crippen LogP contribution in [0.4, 0.5) is 0 Å². The third-order valence-electron chi connectivity index (χ3n) is 4.71. The highest BCUT2D eigenvalue weighted by atomic mass is 16.6. The number of carbonyl (C=O) groups is 2. The molecule has 0 amide bonds. The van der Waals surface area contributed by atoms with Crippen LogP contribution in [0.15, 0.2) is 36.4 Å². The highest BCUT2D eigenvalue weighted by Crippen LogP contribution is 2.46. The van der Waals surface area contributed by atoms with E-state index in [9.17, 15) is 9.59 Å². The fourth-order valence-corrected chi connectivity index (χ4v) is 3.43. The van der Waals surface area contributed by atoms with Crippen molar-refractivity contribution in [2.24, 2.45) is 0 Å². The molecule has 0 N–H and O–H groups in total. The van der Waals surface area contributed by atoms with Crippen LogP contribution < -0.4 is 18.9 Å². The third-order valence-corrected chi connectivity index (χ3v) is 4.71. The summed E-state index contributed by atoms with van der Waals surface area (Å²) in [4.78, 5) is 23.7. The topological polar surface area (TPSA) is 89.5 Å². The molecule has 8 heteroatoms. The van der Waals surface area contributed by atoms with Gasteiger partial charge in [-0.1, -0.05) is 6.07 Å². The van der Waals surface area contributed by atoms with E-state index in [4.69, 9.17) is 28.4 Å². The summed E-state index contributed by atoms with van der Waals surface area (Å²) < 4.78 is 33.3. The molecule has 160 valence electrons. The Balaban J connectivity index is 2.14. The Morgan fingerprint density at radius 3 is 2.13 bits per heavy atom. The molecular formula is C22H24O8. The average Bonchev–Trinajstić information content (AvgIpc) is 2.73. The van der Waals surface area contributed by atoms with Gasteiger partial charge in [0.15, 0.2) is 29.8 Å². The molecule has 0 aliphatic carbocycles. The molecule has 8 nitrogen and oxygen atoms in total. The SMILES string of the molecule is COc1ccc2c(c1)O[C@@H](c1ccc(OC)c(OC)c1)[C@H](OC(C)=O)[C@H]2OC(C)=O. The summed E-state index contributed by atoms with van der Waals surface area (Å²) in [5, 5.41) is 0. The van der Waals surface area contributed by atoms with E-state index in [0.29, 0.717) is 34.1 Å². The fourth-order valence-electron chi connectivity index (χ4n) is 3.43. The first-order valence-electron chi connectivity index (χ1n) is 9.28. The van der Waals surface area contributed by atoms with Crippen molar-refractivity contribution in [3.05, 3.63) is 47.5 Å². The first-order valence-corrected chi connectivity index (χ1v) is 9.28. The van der Waals surface area contributed by atoms with Gasteiger partial charge in [-0.05, 0) is 24.3 Å². The maximum absolute atomic E-state index is 11.9. The normalized spacial score (nSPS) is 19.7. The Labute approximate surface area is 174 Å². The van der Waals surface area contributed by atoms with Crippen LogP contribution in [0.1, 0.15) is 37.2 Å². The molecule has 0 bridgehead atoms. The minimum atomic E-state index is -0.912. The zero-order chi connectivity index (χ0) is 21.8. The molecule has 0 fully saturated rings. The predicted molar refractivity (Wildman–Crippen MR) is 106 cm³/mol. The lowest BCUT2D eigenvalue weighted by molar-refractivity contribution is -0.178. The van der Waals surface area contributed by atoms with E-state index in [1.54, 1.807) is 43.5 Å². The molecule has 0 unspecified atom stereocenters. The van der Waals surface area contributed by atoms with Crippen LogP contribution >= 0.6 is 0 Å². The van der Waals surface area contributed by atoms with E-state index in [2.05, 4.69) is 0 Å². The zero-order valence-electron chi connectivity index (χ0n) is 17.5. The summed E-state index contributed by atoms with van der Waals surface area (Å²) in [6.45, 7) is 2.59. The van der Waals surface area contributed by atoms with Crippen LogP contribution in [0.5, 0.6) is 23.0 Å². The van der Waals surface area contributed by atoms with Crippen molar-refractivity contribution in [1.29, 1.82) is 0 Å². The number of fused-ring (bicyclic) bond motifs is 1. The predicted octanol–water partition coefficient (Wildman–Crippen LogP) is 3.38. The van der Waals surface area contributed by atoms with E-state index in [-0.39, 0.29) is 0 Å². The van der Waals surface area contributed by atoms with Crippen molar-refractivity contribution < 1.29 is 38.0 Å². The third kappa shape index (κ3) is 4.27. The second kappa shape index (κ2) is 8.94. The van der Waals surface area contributed by atoms with Crippen LogP contribution in [-0.4, -0.2) is 39.4 Å². The highest BCUT2D eigenvalue weighted by Gasteiger charge is 2.44. The second-order valence-corrected chi connectivity index (χ2v) is 6.66. The minimum absolute atomic E-state index is 0.462. The van der Waals surface area contributed by atoms with Gasteiger partial charge in [-0.15, -0.1) is 0 Å². The van der Waals surface area contributed by atoms with Gasteiger partial charge in [0.25, 0.3) is 0 Å². The molecular weight excluding hydrogens is 392 g/mol. The standard InChI is InChI=1S/C22H24O8/c1-12(23)28-21-16-8-7-15(25-3)11-18(16)30-20(22(21)29-13(2)24)14-6-9-17(26-4)19(10-14)27-5/h6-11,20-22H,1-5H3/t20-,21-,22-/m0/s1. The minimum Gasteiger partial charge on any atom is -0.497 e. The Morgan fingerprint density at radius 2 is 1.53 bits per heavy atom. The molecule has 1 aliphatic heterocycles. The number of rotatable bonds is 6. The molecule has 0 saturated heterocycles. The van der Waals surface area contributed by atoms with Gasteiger partial charge in [-0.2, -0.15) is 0 Å². The lowest BCUT2D eigenvalue weighted by Gasteiger charge is -2.38. The van der Waals surface area contributed by atoms with E-state index in [1.165, 1.54) is 28.1 Å². The summed E-state index contributed by atoms with van der Waals surface area (Å²) in [6.07, 6.45) is -2.54. The lowest BCUT2D eigenvalue weighted by Crippen LogP contribution is -2.39. The molecule has 1 aliphatic rings. The zero-order valence-corrected chi connectivity index (χ0v) is 17.5. The monoisotopic (exact) mass is 416 g/mol. The molecule has 2 aromatic carbocycles. The van der Waals surface area contributed by atoms with Gasteiger partial charge in [-0.25, -0.2) is 0 Å². The fraction of sp³-hybridized carbons (Fsp3) is 0.364. The summed E-state index contributed by atoms with van der Waals surface area (Å²) in [5.41, 5.74) is 1.23. The van der Waals surface area contributed by atoms with E-state index < -0.39 is 30.3 Å². The van der Waals surface area contributed by atoms with Gasteiger partial charge < -0.3 is 28.4 Å². The summed E-state index contributed by atoms with van der Waals surface area (Å²) in [7, 11) is 4.60. The van der Waals surface area contributed by atoms with Crippen LogP contribution in [0, 0.1) is 0 Å². The van der Waals surface area contributed by atoms with E-state index in [0.717, 1.165) is 0 Å². The summed E-state index contributed by atoms with van der Waals surface area (Å²) >= 11 is 0. The van der Waals surface area contributed by atoms with Crippen molar-refractivity contribution in [1.82, 2.24) is 0 Å². The van der Waals surface area contributed by atoms with Crippen molar-refractivity contribution in [2.45, 2.75) is 32.2 Å². The Morgan fingerprint density at radius 1 is 0.833 bits per heavy atom. The smallest absolute Gasteiger partial charge is 0.303 e. The Bertz CT molecular complexity index is 939. The first-order chi connectivity index (χ1) is 14.4. The molecule has 0 spiro atoms. The maximum atomic E-state index is 11.9. The number of esters is 2. The van der Waals surface area contributed by atoms with Gasteiger partial charge >= 0.3 is 11.9 Å². The number of ether oxygens (including phenoxy) is 6. The molecule has 1 heterocycles. The molecule has 30 heavy (non-hydrogen) atoms. The van der Waals surface area contributed by atoms with Crippen LogP contribution in [-0.2, 0) is 19.1 Å². The lowest BCUT2D eigenvalue weighted by atomic mass is 9.91. The molecule has 0 aromatic heterocycles. The van der Waals surface area contributed by atoms with Crippen LogP contribution in [0.2, 0.25) is 0 Å². The van der Waals surface area contributed by atoms with Crippen LogP contribution in [0.25, 0.3) is 0 Å². The van der Waals surface area contributed by atoms with E-state index >= 15 is 0 Å². The Kier molecular flexibility index (Phi) is 6.34. The van der Waals surface area contributed by atoms with Crippen molar-refractivity contribution in [3.63, 3.8) is 0 Å². The number of hydrogen-bond acceptors (Lipinski definition) is 8. The average molecular weight is 416 g/mol.